The zero-order chi connectivity index (χ0) is 19.3. The third-order valence-corrected chi connectivity index (χ3v) is 6.95. The lowest BCUT2D eigenvalue weighted by molar-refractivity contribution is -0.112. The second-order valence-corrected chi connectivity index (χ2v) is 8.96. The molecule has 148 valence electrons. The Balaban J connectivity index is 1.20. The van der Waals surface area contributed by atoms with Gasteiger partial charge in [0.1, 0.15) is 12.1 Å². The van der Waals surface area contributed by atoms with Gasteiger partial charge in [-0.3, -0.25) is 4.90 Å². The average molecular weight is 399 g/mol. The van der Waals surface area contributed by atoms with Crippen molar-refractivity contribution >= 4 is 18.0 Å². The normalized spacial score (nSPS) is 21.0. The van der Waals surface area contributed by atoms with Gasteiger partial charge >= 0.3 is 0 Å². The number of rotatable bonds is 7. The quantitative estimate of drug-likeness (QED) is 0.510. The smallest absolute Gasteiger partial charge is 0.141 e. The van der Waals surface area contributed by atoms with Crippen molar-refractivity contribution in [2.45, 2.75) is 30.3 Å². The number of aldehydes is 1. The van der Waals surface area contributed by atoms with Gasteiger partial charge in [0.2, 0.25) is 0 Å². The molecule has 0 saturated carbocycles. The Morgan fingerprint density at radius 1 is 1.07 bits per heavy atom. The van der Waals surface area contributed by atoms with Crippen LogP contribution in [0.4, 0.5) is 4.39 Å². The number of hydrogen-bond acceptors (Lipinski definition) is 4. The summed E-state index contributed by atoms with van der Waals surface area (Å²) in [5.74, 6) is 1.52. The SMILES string of the molecule is O=CC1c2ccccc2CN1CC1CCN(CCSc2ccc(F)cc2)CC1. The van der Waals surface area contributed by atoms with Crippen molar-refractivity contribution in [3.63, 3.8) is 0 Å². The highest BCUT2D eigenvalue weighted by Crippen LogP contribution is 2.34. The maximum absolute atomic E-state index is 13.0. The van der Waals surface area contributed by atoms with Gasteiger partial charge in [0.05, 0.1) is 6.04 Å². The van der Waals surface area contributed by atoms with E-state index in [4.69, 9.17) is 0 Å². The van der Waals surface area contributed by atoms with Crippen molar-refractivity contribution in [3.05, 3.63) is 65.5 Å². The molecule has 0 amide bonds. The molecule has 0 aliphatic carbocycles. The summed E-state index contributed by atoms with van der Waals surface area (Å²) in [5.41, 5.74) is 2.49. The molecule has 2 heterocycles. The molecule has 1 saturated heterocycles. The molecule has 1 atom stereocenters. The van der Waals surface area contributed by atoms with Crippen molar-refractivity contribution in [2.24, 2.45) is 5.92 Å². The maximum Gasteiger partial charge on any atom is 0.141 e. The minimum absolute atomic E-state index is 0.0682. The monoisotopic (exact) mass is 398 g/mol. The number of nitrogens with zero attached hydrogens (tertiary/aromatic N) is 2. The number of thioether (sulfide) groups is 1. The van der Waals surface area contributed by atoms with Gasteiger partial charge in [-0.2, -0.15) is 0 Å². The third-order valence-electron chi connectivity index (χ3n) is 5.96. The molecular formula is C23H27FN2OS. The maximum atomic E-state index is 13.0. The van der Waals surface area contributed by atoms with Gasteiger partial charge in [-0.15, -0.1) is 11.8 Å². The van der Waals surface area contributed by atoms with Crippen molar-refractivity contribution in [1.82, 2.24) is 9.80 Å². The summed E-state index contributed by atoms with van der Waals surface area (Å²) >= 11 is 1.79. The second kappa shape index (κ2) is 9.21. The molecule has 1 unspecified atom stereocenters. The summed E-state index contributed by atoms with van der Waals surface area (Å²) in [5, 5.41) is 0. The summed E-state index contributed by atoms with van der Waals surface area (Å²) in [4.78, 5) is 17.7. The standard InChI is InChI=1S/C23H27FN2OS/c24-20-5-7-21(8-6-20)28-14-13-25-11-9-18(10-12-25)15-26-16-19-3-1-2-4-22(19)23(26)17-27/h1-8,17-18,23H,9-16H2. The van der Waals surface area contributed by atoms with Crippen LogP contribution in [0.1, 0.15) is 30.0 Å². The Morgan fingerprint density at radius 3 is 2.57 bits per heavy atom. The number of carbonyl (C=O) groups excluding carboxylic acids is 1. The molecular weight excluding hydrogens is 371 g/mol. The van der Waals surface area contributed by atoms with Crippen LogP contribution in [-0.4, -0.2) is 48.0 Å². The molecule has 5 heteroatoms. The van der Waals surface area contributed by atoms with Crippen LogP contribution in [0, 0.1) is 11.7 Å². The summed E-state index contributed by atoms with van der Waals surface area (Å²) in [6.07, 6.45) is 3.49. The van der Waals surface area contributed by atoms with E-state index in [2.05, 4.69) is 28.0 Å². The molecule has 0 spiro atoms. The molecule has 4 rings (SSSR count). The zero-order valence-corrected chi connectivity index (χ0v) is 16.9. The molecule has 2 aliphatic heterocycles. The second-order valence-electron chi connectivity index (χ2n) is 7.80. The molecule has 0 bridgehead atoms. The van der Waals surface area contributed by atoms with Crippen LogP contribution in [0.5, 0.6) is 0 Å². The largest absolute Gasteiger partial charge is 0.302 e. The first-order chi connectivity index (χ1) is 13.7. The summed E-state index contributed by atoms with van der Waals surface area (Å²) < 4.78 is 13.0. The molecule has 2 aromatic carbocycles. The molecule has 0 radical (unpaired) electrons. The van der Waals surface area contributed by atoms with E-state index >= 15 is 0 Å². The summed E-state index contributed by atoms with van der Waals surface area (Å²) in [6, 6.07) is 15.0. The van der Waals surface area contributed by atoms with Gasteiger partial charge in [0.15, 0.2) is 0 Å². The lowest BCUT2D eigenvalue weighted by Gasteiger charge is -2.34. The van der Waals surface area contributed by atoms with Crippen LogP contribution in [0.3, 0.4) is 0 Å². The Morgan fingerprint density at radius 2 is 1.82 bits per heavy atom. The summed E-state index contributed by atoms with van der Waals surface area (Å²) in [7, 11) is 0. The van der Waals surface area contributed by atoms with Crippen molar-refractivity contribution in [1.29, 1.82) is 0 Å². The van der Waals surface area contributed by atoms with E-state index in [0.717, 1.165) is 49.7 Å². The summed E-state index contributed by atoms with van der Waals surface area (Å²) in [6.45, 7) is 5.23. The van der Waals surface area contributed by atoms with Crippen LogP contribution in [0.2, 0.25) is 0 Å². The fraction of sp³-hybridized carbons (Fsp3) is 0.435. The Labute approximate surface area is 170 Å². The van der Waals surface area contributed by atoms with Gasteiger partial charge in [0, 0.05) is 30.3 Å². The predicted octanol–water partition coefficient (Wildman–Crippen LogP) is 4.39. The molecule has 2 aliphatic rings. The number of halogens is 1. The molecule has 0 aromatic heterocycles. The molecule has 28 heavy (non-hydrogen) atoms. The molecule has 3 nitrogen and oxygen atoms in total. The Bertz CT molecular complexity index is 789. The molecule has 0 N–H and O–H groups in total. The third kappa shape index (κ3) is 4.65. The fourth-order valence-corrected chi connectivity index (χ4v) is 5.28. The zero-order valence-electron chi connectivity index (χ0n) is 16.1. The fourth-order valence-electron chi connectivity index (χ4n) is 4.37. The van der Waals surface area contributed by atoms with Gasteiger partial charge in [-0.1, -0.05) is 24.3 Å². The van der Waals surface area contributed by atoms with Crippen LogP contribution in [0.15, 0.2) is 53.4 Å². The lowest BCUT2D eigenvalue weighted by Crippen LogP contribution is -2.39. The van der Waals surface area contributed by atoms with Gasteiger partial charge in [-0.25, -0.2) is 4.39 Å². The number of carbonyl (C=O) groups is 1. The molecule has 2 aromatic rings. The van der Waals surface area contributed by atoms with E-state index in [9.17, 15) is 9.18 Å². The van der Waals surface area contributed by atoms with Crippen LogP contribution >= 0.6 is 11.8 Å². The van der Waals surface area contributed by atoms with E-state index in [1.165, 1.54) is 36.1 Å². The Hall–Kier alpha value is -1.69. The highest BCUT2D eigenvalue weighted by Gasteiger charge is 2.31. The highest BCUT2D eigenvalue weighted by atomic mass is 32.2. The van der Waals surface area contributed by atoms with Crippen molar-refractivity contribution in [2.75, 3.05) is 31.9 Å². The Kier molecular flexibility index (Phi) is 6.45. The first-order valence-electron chi connectivity index (χ1n) is 10.1. The van der Waals surface area contributed by atoms with E-state index in [-0.39, 0.29) is 11.9 Å². The van der Waals surface area contributed by atoms with E-state index in [0.29, 0.717) is 5.92 Å². The average Bonchev–Trinajstić information content (AvgIpc) is 3.07. The van der Waals surface area contributed by atoms with Crippen LogP contribution in [0.25, 0.3) is 0 Å². The minimum Gasteiger partial charge on any atom is -0.302 e. The minimum atomic E-state index is -0.177. The first kappa shape index (κ1) is 19.6. The highest BCUT2D eigenvalue weighted by molar-refractivity contribution is 7.99. The molecule has 1 fully saturated rings. The van der Waals surface area contributed by atoms with E-state index < -0.39 is 0 Å². The van der Waals surface area contributed by atoms with Gasteiger partial charge < -0.3 is 9.69 Å². The van der Waals surface area contributed by atoms with Gasteiger partial charge in [-0.05, 0) is 67.2 Å². The topological polar surface area (TPSA) is 23.6 Å². The van der Waals surface area contributed by atoms with Crippen molar-refractivity contribution in [3.8, 4) is 0 Å². The number of piperidine rings is 1. The number of hydrogen-bond donors (Lipinski definition) is 0. The van der Waals surface area contributed by atoms with Crippen LogP contribution in [-0.2, 0) is 11.3 Å². The lowest BCUT2D eigenvalue weighted by atomic mass is 9.96. The number of benzene rings is 2. The number of likely N-dealkylation sites (tertiary alicyclic amines) is 1. The van der Waals surface area contributed by atoms with E-state index in [1.54, 1.807) is 11.8 Å². The van der Waals surface area contributed by atoms with Crippen LogP contribution < -0.4 is 0 Å². The predicted molar refractivity (Wildman–Crippen MR) is 112 cm³/mol. The van der Waals surface area contributed by atoms with Crippen molar-refractivity contribution < 1.29 is 9.18 Å². The number of fused-ring (bicyclic) bond motifs is 1. The van der Waals surface area contributed by atoms with Gasteiger partial charge in [0.25, 0.3) is 0 Å². The van der Waals surface area contributed by atoms with E-state index in [1.807, 2.05) is 18.2 Å². The first-order valence-corrected chi connectivity index (χ1v) is 11.1.